The van der Waals surface area contributed by atoms with Crippen LogP contribution in [0.1, 0.15) is 5.56 Å². The van der Waals surface area contributed by atoms with E-state index >= 15 is 0 Å². The normalized spacial score (nSPS) is 17.8. The second kappa shape index (κ2) is 5.58. The molecule has 0 aromatic heterocycles. The second-order valence-corrected chi connectivity index (χ2v) is 4.67. The van der Waals surface area contributed by atoms with Gasteiger partial charge >= 0.3 is 0 Å². The molecule has 0 unspecified atom stereocenters. The molecule has 0 bridgehead atoms. The predicted octanol–water partition coefficient (Wildman–Crippen LogP) is 0.967. The monoisotopic (exact) mass is 239 g/mol. The third-order valence-corrected chi connectivity index (χ3v) is 3.18. The molecule has 1 aromatic carbocycles. The van der Waals surface area contributed by atoms with Crippen molar-refractivity contribution < 1.29 is 14.2 Å². The van der Waals surface area contributed by atoms with Gasteiger partial charge in [-0.2, -0.15) is 0 Å². The first-order valence-corrected chi connectivity index (χ1v) is 5.88. The molecular formula is C13H18FNO2. The lowest BCUT2D eigenvalue weighted by molar-refractivity contribution is -0.134. The Morgan fingerprint density at radius 1 is 1.35 bits per heavy atom. The molecule has 0 aliphatic carbocycles. The molecule has 0 amide bonds. The van der Waals surface area contributed by atoms with Crippen LogP contribution < -0.4 is 5.32 Å². The number of benzene rings is 1. The van der Waals surface area contributed by atoms with Gasteiger partial charge in [0.05, 0.1) is 25.2 Å². The zero-order chi connectivity index (χ0) is 12.1. The SMILES string of the molecule is OCC1(CNCCc2ccccc2F)COC1. The minimum atomic E-state index is -0.154. The van der Waals surface area contributed by atoms with Crippen molar-refractivity contribution in [3.05, 3.63) is 35.6 Å². The Labute approximate surface area is 101 Å². The molecule has 1 aromatic rings. The standard InChI is InChI=1S/C13H18FNO2/c14-12-4-2-1-3-11(12)5-6-15-7-13(8-16)9-17-10-13/h1-4,15-16H,5-10H2. The van der Waals surface area contributed by atoms with Crippen LogP contribution in [-0.2, 0) is 11.2 Å². The van der Waals surface area contributed by atoms with Crippen molar-refractivity contribution in [1.82, 2.24) is 5.32 Å². The van der Waals surface area contributed by atoms with Gasteiger partial charge in [-0.1, -0.05) is 18.2 Å². The molecule has 1 fully saturated rings. The lowest BCUT2D eigenvalue weighted by Crippen LogP contribution is -2.52. The summed E-state index contributed by atoms with van der Waals surface area (Å²) >= 11 is 0. The molecule has 1 aliphatic rings. The third kappa shape index (κ3) is 3.03. The maximum atomic E-state index is 13.3. The first-order chi connectivity index (χ1) is 8.26. The number of nitrogens with one attached hydrogen (secondary N) is 1. The summed E-state index contributed by atoms with van der Waals surface area (Å²) in [4.78, 5) is 0. The van der Waals surface area contributed by atoms with Gasteiger partial charge in [0.25, 0.3) is 0 Å². The third-order valence-electron chi connectivity index (χ3n) is 3.18. The molecular weight excluding hydrogens is 221 g/mol. The van der Waals surface area contributed by atoms with Crippen LogP contribution in [0.25, 0.3) is 0 Å². The van der Waals surface area contributed by atoms with E-state index in [-0.39, 0.29) is 17.8 Å². The first-order valence-electron chi connectivity index (χ1n) is 5.88. The van der Waals surface area contributed by atoms with E-state index in [1.807, 2.05) is 6.07 Å². The summed E-state index contributed by atoms with van der Waals surface area (Å²) in [7, 11) is 0. The van der Waals surface area contributed by atoms with E-state index in [9.17, 15) is 9.50 Å². The van der Waals surface area contributed by atoms with E-state index < -0.39 is 0 Å². The van der Waals surface area contributed by atoms with Crippen LogP contribution >= 0.6 is 0 Å². The van der Waals surface area contributed by atoms with Crippen LogP contribution in [-0.4, -0.2) is 38.0 Å². The van der Waals surface area contributed by atoms with Gasteiger partial charge in [0.1, 0.15) is 5.82 Å². The number of halogens is 1. The summed E-state index contributed by atoms with van der Waals surface area (Å²) < 4.78 is 18.4. The Balaban J connectivity index is 1.71. The summed E-state index contributed by atoms with van der Waals surface area (Å²) in [6.07, 6.45) is 0.662. The smallest absolute Gasteiger partial charge is 0.126 e. The molecule has 2 N–H and O–H groups in total. The molecule has 94 valence electrons. The van der Waals surface area contributed by atoms with E-state index in [2.05, 4.69) is 5.32 Å². The van der Waals surface area contributed by atoms with E-state index in [0.29, 0.717) is 26.2 Å². The lowest BCUT2D eigenvalue weighted by atomic mass is 9.87. The van der Waals surface area contributed by atoms with Gasteiger partial charge in [0, 0.05) is 6.54 Å². The second-order valence-electron chi connectivity index (χ2n) is 4.67. The van der Waals surface area contributed by atoms with Gasteiger partial charge < -0.3 is 15.2 Å². The van der Waals surface area contributed by atoms with E-state index in [4.69, 9.17) is 4.74 Å². The molecule has 4 heteroatoms. The van der Waals surface area contributed by atoms with Crippen LogP contribution in [0.4, 0.5) is 4.39 Å². The van der Waals surface area contributed by atoms with Crippen molar-refractivity contribution in [3.8, 4) is 0 Å². The average Bonchev–Trinajstić information content (AvgIpc) is 2.29. The van der Waals surface area contributed by atoms with Gasteiger partial charge in [-0.3, -0.25) is 0 Å². The fraction of sp³-hybridized carbons (Fsp3) is 0.538. The topological polar surface area (TPSA) is 41.5 Å². The molecule has 1 aliphatic heterocycles. The fourth-order valence-electron chi connectivity index (χ4n) is 1.92. The van der Waals surface area contributed by atoms with Crippen molar-refractivity contribution in [2.45, 2.75) is 6.42 Å². The van der Waals surface area contributed by atoms with Gasteiger partial charge in [-0.05, 0) is 24.6 Å². The molecule has 0 atom stereocenters. The predicted molar refractivity (Wildman–Crippen MR) is 63.3 cm³/mol. The van der Waals surface area contributed by atoms with Crippen LogP contribution in [0.3, 0.4) is 0 Å². The summed E-state index contributed by atoms with van der Waals surface area (Å²) in [5.74, 6) is -0.154. The quantitative estimate of drug-likeness (QED) is 0.727. The number of hydrogen-bond donors (Lipinski definition) is 2. The Morgan fingerprint density at radius 3 is 2.71 bits per heavy atom. The van der Waals surface area contributed by atoms with Crippen LogP contribution in [0.5, 0.6) is 0 Å². The molecule has 17 heavy (non-hydrogen) atoms. The van der Waals surface area contributed by atoms with Crippen LogP contribution in [0, 0.1) is 11.2 Å². The maximum absolute atomic E-state index is 13.3. The van der Waals surface area contributed by atoms with Gasteiger partial charge in [-0.25, -0.2) is 4.39 Å². The van der Waals surface area contributed by atoms with E-state index in [1.165, 1.54) is 6.07 Å². The molecule has 3 nitrogen and oxygen atoms in total. The van der Waals surface area contributed by atoms with Crippen molar-refractivity contribution in [1.29, 1.82) is 0 Å². The molecule has 0 spiro atoms. The van der Waals surface area contributed by atoms with Crippen molar-refractivity contribution in [2.24, 2.45) is 5.41 Å². The Bertz CT molecular complexity index is 361. The Morgan fingerprint density at radius 2 is 2.12 bits per heavy atom. The number of hydrogen-bond acceptors (Lipinski definition) is 3. The minimum absolute atomic E-state index is 0.116. The number of aliphatic hydroxyl groups is 1. The largest absolute Gasteiger partial charge is 0.396 e. The molecule has 0 saturated carbocycles. The highest BCUT2D eigenvalue weighted by Gasteiger charge is 2.37. The summed E-state index contributed by atoms with van der Waals surface area (Å²) in [6, 6.07) is 6.81. The van der Waals surface area contributed by atoms with Crippen LogP contribution in [0.15, 0.2) is 24.3 Å². The summed E-state index contributed by atoms with van der Waals surface area (Å²) in [5, 5.41) is 12.5. The van der Waals surface area contributed by atoms with E-state index in [0.717, 1.165) is 12.1 Å². The van der Waals surface area contributed by atoms with Crippen molar-refractivity contribution in [2.75, 3.05) is 32.9 Å². The van der Waals surface area contributed by atoms with Gasteiger partial charge in [0.2, 0.25) is 0 Å². The van der Waals surface area contributed by atoms with Crippen LogP contribution in [0.2, 0.25) is 0 Å². The molecule has 2 rings (SSSR count). The lowest BCUT2D eigenvalue weighted by Gasteiger charge is -2.40. The molecule has 1 saturated heterocycles. The van der Waals surface area contributed by atoms with Crippen molar-refractivity contribution in [3.63, 3.8) is 0 Å². The highest BCUT2D eigenvalue weighted by molar-refractivity contribution is 5.17. The van der Waals surface area contributed by atoms with Gasteiger partial charge in [-0.15, -0.1) is 0 Å². The molecule has 1 heterocycles. The molecule has 0 radical (unpaired) electrons. The highest BCUT2D eigenvalue weighted by atomic mass is 19.1. The fourth-order valence-corrected chi connectivity index (χ4v) is 1.92. The Kier molecular flexibility index (Phi) is 4.10. The summed E-state index contributed by atoms with van der Waals surface area (Å²) in [6.45, 7) is 2.78. The highest BCUT2D eigenvalue weighted by Crippen LogP contribution is 2.25. The minimum Gasteiger partial charge on any atom is -0.396 e. The van der Waals surface area contributed by atoms with Crippen molar-refractivity contribution >= 4 is 0 Å². The first kappa shape index (κ1) is 12.5. The maximum Gasteiger partial charge on any atom is 0.126 e. The summed E-state index contributed by atoms with van der Waals surface area (Å²) in [5.41, 5.74) is 0.609. The van der Waals surface area contributed by atoms with E-state index in [1.54, 1.807) is 12.1 Å². The van der Waals surface area contributed by atoms with Gasteiger partial charge in [0.15, 0.2) is 0 Å². The zero-order valence-corrected chi connectivity index (χ0v) is 9.79. The average molecular weight is 239 g/mol. The Hall–Kier alpha value is -0.970. The number of rotatable bonds is 6. The number of ether oxygens (including phenoxy) is 1. The number of aliphatic hydroxyl groups excluding tert-OH is 1. The zero-order valence-electron chi connectivity index (χ0n) is 9.79.